The summed E-state index contributed by atoms with van der Waals surface area (Å²) < 4.78 is 12.5. The molecule has 7 nitrogen and oxygen atoms in total. The number of unbranched alkanes of at least 4 members (excludes halogenated alkanes) is 1. The van der Waals surface area contributed by atoms with Crippen molar-refractivity contribution < 1.29 is 23.9 Å². The molecule has 2 amide bonds. The summed E-state index contributed by atoms with van der Waals surface area (Å²) in [7, 11) is 1.79. The van der Waals surface area contributed by atoms with E-state index in [2.05, 4.69) is 44.8 Å². The van der Waals surface area contributed by atoms with Gasteiger partial charge in [-0.1, -0.05) is 47.5 Å². The lowest BCUT2D eigenvalue weighted by Gasteiger charge is -2.61. The summed E-state index contributed by atoms with van der Waals surface area (Å²) in [4.78, 5) is 43.2. The first-order valence-electron chi connectivity index (χ1n) is 15.3. The monoisotopic (exact) mass is 530 g/mol. The summed E-state index contributed by atoms with van der Waals surface area (Å²) in [5, 5.41) is 2.63. The number of imide groups is 1. The minimum atomic E-state index is -0.645. The molecule has 4 bridgehead atoms. The Morgan fingerprint density at radius 2 is 1.84 bits per heavy atom. The molecule has 38 heavy (non-hydrogen) atoms. The molecule has 3 saturated carbocycles. The van der Waals surface area contributed by atoms with E-state index in [0.29, 0.717) is 24.0 Å². The fourth-order valence-corrected chi connectivity index (χ4v) is 9.89. The van der Waals surface area contributed by atoms with Gasteiger partial charge in [0.25, 0.3) is 0 Å². The molecule has 3 aliphatic carbocycles. The van der Waals surface area contributed by atoms with Crippen LogP contribution in [0.5, 0.6) is 0 Å². The molecule has 0 spiro atoms. The summed E-state index contributed by atoms with van der Waals surface area (Å²) in [6.45, 7) is 13.7. The second-order valence-electron chi connectivity index (χ2n) is 14.1. The molecule has 5 rings (SSSR count). The quantitative estimate of drug-likeness (QED) is 0.507. The third-order valence-corrected chi connectivity index (χ3v) is 12.4. The number of piperidine rings is 1. The lowest BCUT2D eigenvalue weighted by molar-refractivity contribution is -0.192. The predicted molar refractivity (Wildman–Crippen MR) is 145 cm³/mol. The number of nitrogens with zero attached hydrogens (tertiary/aromatic N) is 1. The van der Waals surface area contributed by atoms with Gasteiger partial charge in [0.2, 0.25) is 5.91 Å². The van der Waals surface area contributed by atoms with Gasteiger partial charge in [0.1, 0.15) is 11.9 Å². The smallest absolute Gasteiger partial charge is 0.414 e. The third-order valence-electron chi connectivity index (χ3n) is 12.4. The van der Waals surface area contributed by atoms with Crippen LogP contribution in [0.15, 0.2) is 0 Å². The van der Waals surface area contributed by atoms with Gasteiger partial charge in [-0.15, -0.1) is 0 Å². The van der Waals surface area contributed by atoms with E-state index in [4.69, 9.17) is 9.47 Å². The van der Waals surface area contributed by atoms with Crippen molar-refractivity contribution in [2.24, 2.45) is 45.8 Å². The Kier molecular flexibility index (Phi) is 7.52. The standard InChI is InChI=1S/C31H50N2O5/c1-7-8-12-29(4)16-24(38-28(36)32-27(35)22-18-33-15-11-21(22)17-33)30(5)19(2)9-13-31(20(3)26(29)34)14-10-23(37-6)25(30)31/h19-25H,7-18H2,1-6H3,(H,32,35,36)/t19-,20+,21-,22+,23-,24-,25?,29-,30+,31?/m1/s1. The highest BCUT2D eigenvalue weighted by Crippen LogP contribution is 2.69. The number of ether oxygens (including phenoxy) is 2. The Bertz CT molecular complexity index is 955. The first kappa shape index (κ1) is 28.1. The zero-order valence-corrected chi connectivity index (χ0v) is 24.5. The molecule has 3 unspecified atom stereocenters. The first-order valence-corrected chi connectivity index (χ1v) is 15.3. The number of nitrogens with one attached hydrogen (secondary N) is 1. The van der Waals surface area contributed by atoms with Gasteiger partial charge in [-0.3, -0.25) is 14.9 Å². The van der Waals surface area contributed by atoms with Crippen LogP contribution in [-0.2, 0) is 19.1 Å². The number of amides is 2. The molecule has 11 atom stereocenters. The lowest BCUT2D eigenvalue weighted by atomic mass is 9.43. The van der Waals surface area contributed by atoms with E-state index < -0.39 is 17.6 Å². The number of fused-ring (bicyclic) bond motifs is 2. The number of hydrogen-bond acceptors (Lipinski definition) is 6. The second-order valence-corrected chi connectivity index (χ2v) is 14.1. The number of alkyl carbamates (subject to hydrolysis) is 1. The predicted octanol–water partition coefficient (Wildman–Crippen LogP) is 5.21. The van der Waals surface area contributed by atoms with Gasteiger partial charge in [0, 0.05) is 42.9 Å². The normalized spacial score (nSPS) is 47.8. The van der Waals surface area contributed by atoms with Crippen molar-refractivity contribution in [1.29, 1.82) is 0 Å². The van der Waals surface area contributed by atoms with Crippen LogP contribution in [0, 0.1) is 45.8 Å². The first-order chi connectivity index (χ1) is 18.0. The molecule has 2 heterocycles. The Balaban J connectivity index is 1.48. The molecule has 7 heteroatoms. The molecule has 214 valence electrons. The van der Waals surface area contributed by atoms with Gasteiger partial charge in [0.05, 0.1) is 12.0 Å². The summed E-state index contributed by atoms with van der Waals surface area (Å²) in [6.07, 6.45) is 7.17. The number of Topliss-reactive ketones (excluding diaryl/α,β-unsaturated/α-hetero) is 1. The van der Waals surface area contributed by atoms with E-state index in [1.165, 1.54) is 0 Å². The highest BCUT2D eigenvalue weighted by Gasteiger charge is 2.68. The van der Waals surface area contributed by atoms with Crippen molar-refractivity contribution in [3.8, 4) is 0 Å². The Morgan fingerprint density at radius 3 is 2.47 bits per heavy atom. The maximum atomic E-state index is 14.3. The van der Waals surface area contributed by atoms with Gasteiger partial charge in [-0.05, 0) is 68.7 Å². The van der Waals surface area contributed by atoms with E-state index in [0.717, 1.165) is 71.0 Å². The van der Waals surface area contributed by atoms with E-state index in [9.17, 15) is 14.4 Å². The highest BCUT2D eigenvalue weighted by atomic mass is 16.6. The maximum absolute atomic E-state index is 14.3. The molecule has 2 saturated heterocycles. The van der Waals surface area contributed by atoms with Gasteiger partial charge < -0.3 is 14.4 Å². The summed E-state index contributed by atoms with van der Waals surface area (Å²) in [5.41, 5.74) is -1.06. The Morgan fingerprint density at radius 1 is 1.11 bits per heavy atom. The lowest BCUT2D eigenvalue weighted by Crippen LogP contribution is -2.63. The molecule has 5 fully saturated rings. The molecule has 1 N–H and O–H groups in total. The van der Waals surface area contributed by atoms with Crippen LogP contribution in [0.25, 0.3) is 0 Å². The highest BCUT2D eigenvalue weighted by molar-refractivity contribution is 5.93. The Hall–Kier alpha value is -1.47. The molecule has 0 aromatic carbocycles. The number of ketones is 1. The zero-order valence-electron chi connectivity index (χ0n) is 24.5. The van der Waals surface area contributed by atoms with Crippen molar-refractivity contribution in [2.75, 3.05) is 26.7 Å². The van der Waals surface area contributed by atoms with Gasteiger partial charge in [-0.2, -0.15) is 0 Å². The number of rotatable bonds is 6. The third kappa shape index (κ3) is 4.25. The average Bonchev–Trinajstić information content (AvgIpc) is 3.63. The fraction of sp³-hybridized carbons (Fsp3) is 0.903. The van der Waals surface area contributed by atoms with Crippen LogP contribution < -0.4 is 5.32 Å². The van der Waals surface area contributed by atoms with Gasteiger partial charge >= 0.3 is 6.09 Å². The summed E-state index contributed by atoms with van der Waals surface area (Å²) >= 11 is 0. The minimum Gasteiger partial charge on any atom is -0.445 e. The number of methoxy groups -OCH3 is 1. The molecule has 0 radical (unpaired) electrons. The molecule has 0 aromatic rings. The van der Waals surface area contributed by atoms with Crippen LogP contribution >= 0.6 is 0 Å². The number of hydrogen-bond donors (Lipinski definition) is 1. The van der Waals surface area contributed by atoms with E-state index >= 15 is 0 Å². The largest absolute Gasteiger partial charge is 0.445 e. The Labute approximate surface area is 229 Å². The summed E-state index contributed by atoms with van der Waals surface area (Å²) in [5.74, 6) is 0.687. The van der Waals surface area contributed by atoms with Gasteiger partial charge in [0.15, 0.2) is 0 Å². The van der Waals surface area contributed by atoms with Crippen LogP contribution in [0.1, 0.15) is 92.4 Å². The topological polar surface area (TPSA) is 84.9 Å². The maximum Gasteiger partial charge on any atom is 0.414 e. The van der Waals surface area contributed by atoms with Gasteiger partial charge in [-0.25, -0.2) is 4.79 Å². The summed E-state index contributed by atoms with van der Waals surface area (Å²) in [6, 6.07) is 0. The van der Waals surface area contributed by atoms with Crippen LogP contribution in [0.4, 0.5) is 4.79 Å². The van der Waals surface area contributed by atoms with E-state index in [1.54, 1.807) is 7.11 Å². The molecular weight excluding hydrogens is 480 g/mol. The number of carbonyl (C=O) groups excluding carboxylic acids is 3. The fourth-order valence-electron chi connectivity index (χ4n) is 9.89. The van der Waals surface area contributed by atoms with Crippen molar-refractivity contribution in [3.05, 3.63) is 0 Å². The second kappa shape index (κ2) is 10.2. The van der Waals surface area contributed by atoms with Crippen molar-refractivity contribution in [1.82, 2.24) is 10.2 Å². The van der Waals surface area contributed by atoms with Crippen LogP contribution in [0.3, 0.4) is 0 Å². The molecule has 2 aliphatic heterocycles. The minimum absolute atomic E-state index is 0.0388. The zero-order chi connectivity index (χ0) is 27.5. The van der Waals surface area contributed by atoms with Crippen LogP contribution in [-0.4, -0.2) is 61.6 Å². The van der Waals surface area contributed by atoms with Crippen molar-refractivity contribution in [2.45, 2.75) is 105 Å². The molecule has 0 aromatic heterocycles. The van der Waals surface area contributed by atoms with Crippen molar-refractivity contribution in [3.63, 3.8) is 0 Å². The average molecular weight is 531 g/mol. The molecular formula is C31H50N2O5. The van der Waals surface area contributed by atoms with Crippen LogP contribution in [0.2, 0.25) is 0 Å². The SMILES string of the molecule is CCCC[C@]1(C)C[C@@H](OC(=O)NC(=O)[C@H]2CN3CC[C@@H]2C3)[C@@]2(C)C3[C@H](OC)CCC3(CC[C@H]2C)[C@@H](C)C1=O. The van der Waals surface area contributed by atoms with E-state index in [1.807, 2.05) is 0 Å². The van der Waals surface area contributed by atoms with Crippen molar-refractivity contribution >= 4 is 17.8 Å². The number of carbonyl (C=O) groups is 3. The van der Waals surface area contributed by atoms with E-state index in [-0.39, 0.29) is 40.6 Å². The molecule has 5 aliphatic rings.